The summed E-state index contributed by atoms with van der Waals surface area (Å²) < 4.78 is 62.9. The van der Waals surface area contributed by atoms with Crippen LogP contribution in [0.4, 0.5) is 23.7 Å². The number of benzene rings is 2. The van der Waals surface area contributed by atoms with Gasteiger partial charge in [0.15, 0.2) is 11.5 Å². The van der Waals surface area contributed by atoms with E-state index in [0.29, 0.717) is 55.9 Å². The van der Waals surface area contributed by atoms with Crippen LogP contribution in [0, 0.1) is 6.92 Å². The fourth-order valence-electron chi connectivity index (χ4n) is 4.89. The lowest BCUT2D eigenvalue weighted by Gasteiger charge is -2.31. The van der Waals surface area contributed by atoms with Crippen LogP contribution in [-0.2, 0) is 28.8 Å². The Hall–Kier alpha value is -4.23. The summed E-state index contributed by atoms with van der Waals surface area (Å²) in [5.41, 5.74) is -0.586. The number of hydrogen-bond donors (Lipinski definition) is 1. The van der Waals surface area contributed by atoms with Crippen molar-refractivity contribution in [3.05, 3.63) is 77.2 Å². The second kappa shape index (κ2) is 13.4. The molecule has 2 aliphatic rings. The molecule has 3 aromatic rings. The Morgan fingerprint density at radius 1 is 0.953 bits per heavy atom. The molecule has 2 aliphatic heterocycles. The fraction of sp³-hybridized carbons (Fsp3) is 0.400. The summed E-state index contributed by atoms with van der Waals surface area (Å²) >= 11 is 0. The number of halogens is 3. The van der Waals surface area contributed by atoms with Crippen molar-refractivity contribution >= 4 is 17.6 Å². The average molecular weight is 603 g/mol. The highest BCUT2D eigenvalue weighted by molar-refractivity contribution is 5.93. The van der Waals surface area contributed by atoms with Crippen molar-refractivity contribution in [2.24, 2.45) is 0 Å². The summed E-state index contributed by atoms with van der Waals surface area (Å²) in [7, 11) is 0. The van der Waals surface area contributed by atoms with Gasteiger partial charge in [-0.05, 0) is 48.9 Å². The molecule has 230 valence electrons. The zero-order valence-electron chi connectivity index (χ0n) is 23.7. The Balaban J connectivity index is 1.36. The molecule has 13 heteroatoms. The van der Waals surface area contributed by atoms with Gasteiger partial charge in [0.2, 0.25) is 12.7 Å². The topological polar surface area (TPSA) is 96.7 Å². The average Bonchev–Trinajstić information content (AvgIpc) is 3.63. The van der Waals surface area contributed by atoms with Gasteiger partial charge in [-0.15, -0.1) is 0 Å². The molecule has 1 aromatic heterocycles. The van der Waals surface area contributed by atoms with Crippen LogP contribution < -0.4 is 14.8 Å². The summed E-state index contributed by atoms with van der Waals surface area (Å²) in [4.78, 5) is 32.1. The van der Waals surface area contributed by atoms with E-state index < -0.39 is 23.7 Å². The van der Waals surface area contributed by atoms with Crippen LogP contribution in [0.3, 0.4) is 0 Å². The first-order valence-corrected chi connectivity index (χ1v) is 13.9. The zero-order valence-corrected chi connectivity index (χ0v) is 23.7. The van der Waals surface area contributed by atoms with Crippen molar-refractivity contribution in [1.82, 2.24) is 14.7 Å². The molecule has 0 saturated carbocycles. The van der Waals surface area contributed by atoms with Crippen molar-refractivity contribution in [3.8, 4) is 11.5 Å². The molecule has 1 saturated heterocycles. The van der Waals surface area contributed by atoms with Gasteiger partial charge in [-0.1, -0.05) is 18.2 Å². The van der Waals surface area contributed by atoms with E-state index in [-0.39, 0.29) is 38.7 Å². The third kappa shape index (κ3) is 7.99. The Morgan fingerprint density at radius 3 is 2.47 bits per heavy atom. The number of carbonyl (C=O) groups excluding carboxylic acids is 2. The number of aryl methyl sites for hydroxylation is 1. The van der Waals surface area contributed by atoms with Crippen LogP contribution in [0.2, 0.25) is 0 Å². The number of nitrogens with one attached hydrogen (secondary N) is 1. The van der Waals surface area contributed by atoms with Crippen molar-refractivity contribution in [3.63, 3.8) is 0 Å². The minimum absolute atomic E-state index is 0.109. The lowest BCUT2D eigenvalue weighted by molar-refractivity contribution is -0.137. The Bertz CT molecular complexity index is 1420. The van der Waals surface area contributed by atoms with Gasteiger partial charge in [0.05, 0.1) is 31.0 Å². The Labute approximate surface area is 246 Å². The van der Waals surface area contributed by atoms with Crippen LogP contribution in [0.25, 0.3) is 0 Å². The molecule has 0 atom stereocenters. The lowest BCUT2D eigenvalue weighted by atomic mass is 10.1. The number of carbonyl (C=O) groups is 2. The quantitative estimate of drug-likeness (QED) is 0.359. The monoisotopic (exact) mass is 602 g/mol. The predicted molar refractivity (Wildman–Crippen MR) is 150 cm³/mol. The molecule has 0 aliphatic carbocycles. The van der Waals surface area contributed by atoms with Gasteiger partial charge in [0, 0.05) is 32.7 Å². The number of urea groups is 1. The molecule has 3 amide bonds. The number of fused-ring (bicyclic) bond motifs is 1. The van der Waals surface area contributed by atoms with E-state index in [4.69, 9.17) is 18.6 Å². The summed E-state index contributed by atoms with van der Waals surface area (Å²) in [6.07, 6.45) is -4.67. The van der Waals surface area contributed by atoms with Crippen molar-refractivity contribution < 1.29 is 41.4 Å². The molecule has 0 bridgehead atoms. The second-order valence-electron chi connectivity index (χ2n) is 10.3. The highest BCUT2D eigenvalue weighted by Crippen LogP contribution is 2.35. The minimum Gasteiger partial charge on any atom is -0.464 e. The summed E-state index contributed by atoms with van der Waals surface area (Å²) in [5.74, 6) is 1.99. The predicted octanol–water partition coefficient (Wildman–Crippen LogP) is 4.73. The molecule has 0 spiro atoms. The smallest absolute Gasteiger partial charge is 0.418 e. The maximum absolute atomic E-state index is 13.8. The van der Waals surface area contributed by atoms with Crippen LogP contribution >= 0.6 is 0 Å². The number of hydrogen-bond acceptors (Lipinski definition) is 7. The molecule has 43 heavy (non-hydrogen) atoms. The highest BCUT2D eigenvalue weighted by Gasteiger charge is 2.34. The van der Waals surface area contributed by atoms with Crippen molar-refractivity contribution in [2.45, 2.75) is 26.2 Å². The Kier molecular flexibility index (Phi) is 9.41. The fourth-order valence-corrected chi connectivity index (χ4v) is 4.89. The van der Waals surface area contributed by atoms with Crippen LogP contribution in [0.5, 0.6) is 11.5 Å². The van der Waals surface area contributed by atoms with E-state index in [1.165, 1.54) is 28.0 Å². The minimum atomic E-state index is -4.67. The second-order valence-corrected chi connectivity index (χ2v) is 10.3. The van der Waals surface area contributed by atoms with E-state index >= 15 is 0 Å². The molecule has 1 N–H and O–H groups in total. The number of morpholine rings is 1. The van der Waals surface area contributed by atoms with Crippen LogP contribution in [0.15, 0.2) is 59.0 Å². The molecule has 0 radical (unpaired) electrons. The van der Waals surface area contributed by atoms with Gasteiger partial charge in [0.1, 0.15) is 18.1 Å². The lowest BCUT2D eigenvalue weighted by Crippen LogP contribution is -2.48. The molecule has 0 unspecified atom stereocenters. The number of amides is 3. The highest BCUT2D eigenvalue weighted by atomic mass is 19.4. The maximum atomic E-state index is 13.8. The first-order chi connectivity index (χ1) is 20.7. The van der Waals surface area contributed by atoms with Crippen LogP contribution in [0.1, 0.15) is 22.6 Å². The van der Waals surface area contributed by atoms with Gasteiger partial charge >= 0.3 is 12.2 Å². The molecule has 10 nitrogen and oxygen atoms in total. The van der Waals surface area contributed by atoms with E-state index in [0.717, 1.165) is 11.6 Å². The summed E-state index contributed by atoms with van der Waals surface area (Å²) in [6, 6.07) is 12.9. The number of alkyl halides is 3. The van der Waals surface area contributed by atoms with Gasteiger partial charge in [0.25, 0.3) is 0 Å². The maximum Gasteiger partial charge on any atom is 0.418 e. The van der Waals surface area contributed by atoms with E-state index in [2.05, 4.69) is 10.2 Å². The number of nitrogens with zero attached hydrogens (tertiary/aromatic N) is 3. The van der Waals surface area contributed by atoms with E-state index in [1.807, 2.05) is 6.07 Å². The van der Waals surface area contributed by atoms with Crippen molar-refractivity contribution in [2.75, 3.05) is 58.0 Å². The van der Waals surface area contributed by atoms with Gasteiger partial charge in [-0.25, -0.2) is 4.79 Å². The van der Waals surface area contributed by atoms with Gasteiger partial charge < -0.3 is 33.7 Å². The number of para-hydroxylation sites is 1. The number of furan rings is 1. The molecule has 5 rings (SSSR count). The number of rotatable bonds is 10. The number of anilines is 1. The summed E-state index contributed by atoms with van der Waals surface area (Å²) in [6.45, 7) is 4.74. The first kappa shape index (κ1) is 30.2. The third-order valence-corrected chi connectivity index (χ3v) is 7.18. The van der Waals surface area contributed by atoms with E-state index in [9.17, 15) is 22.8 Å². The standard InChI is InChI=1S/C30H33F3N4O6/c1-21-6-8-23(43-21)18-37(17-22-7-9-26-27(16-22)42-20-41-26)28(38)19-36(11-10-35-12-14-40-15-13-35)29(39)34-25-5-3-2-4-24(25)30(31,32)33/h2-9,16H,10-15,17-20H2,1H3,(H,34,39). The molecule has 3 heterocycles. The normalized spacial score (nSPS) is 14.9. The van der Waals surface area contributed by atoms with E-state index in [1.54, 1.807) is 31.2 Å². The summed E-state index contributed by atoms with van der Waals surface area (Å²) in [5, 5.41) is 2.38. The number of ether oxygens (including phenoxy) is 3. The van der Waals surface area contributed by atoms with Crippen LogP contribution in [-0.4, -0.2) is 79.4 Å². The zero-order chi connectivity index (χ0) is 30.4. The van der Waals surface area contributed by atoms with Crippen molar-refractivity contribution in [1.29, 1.82) is 0 Å². The van der Waals surface area contributed by atoms with Gasteiger partial charge in [-0.3, -0.25) is 9.69 Å². The van der Waals surface area contributed by atoms with Gasteiger partial charge in [-0.2, -0.15) is 13.2 Å². The molecule has 2 aromatic carbocycles. The molecular formula is C30H33F3N4O6. The Morgan fingerprint density at radius 2 is 1.72 bits per heavy atom. The molecule has 1 fully saturated rings. The molecular weight excluding hydrogens is 569 g/mol. The largest absolute Gasteiger partial charge is 0.464 e. The first-order valence-electron chi connectivity index (χ1n) is 13.9. The third-order valence-electron chi connectivity index (χ3n) is 7.18. The SMILES string of the molecule is Cc1ccc(CN(Cc2ccc3c(c2)OCO3)C(=O)CN(CCN2CCOCC2)C(=O)Nc2ccccc2C(F)(F)F)o1.